The summed E-state index contributed by atoms with van der Waals surface area (Å²) in [5.74, 6) is 0.186. The first kappa shape index (κ1) is 20.9. The SMILES string of the molecule is C[C@H]1CNCCN1C(=O)Cc1csc(Cc2ccccc2)n1.Cl.Cl. The predicted octanol–water partition coefficient (Wildman–Crippen LogP) is 2.94. The molecule has 1 aromatic carbocycles. The molecular weight excluding hydrogens is 365 g/mol. The summed E-state index contributed by atoms with van der Waals surface area (Å²) in [4.78, 5) is 19.0. The minimum atomic E-state index is 0. The Labute approximate surface area is 159 Å². The van der Waals surface area contributed by atoms with Gasteiger partial charge < -0.3 is 10.2 Å². The van der Waals surface area contributed by atoms with Crippen molar-refractivity contribution in [1.82, 2.24) is 15.2 Å². The van der Waals surface area contributed by atoms with E-state index in [1.807, 2.05) is 28.5 Å². The number of carbonyl (C=O) groups is 1. The van der Waals surface area contributed by atoms with E-state index in [9.17, 15) is 4.79 Å². The quantitative estimate of drug-likeness (QED) is 0.876. The van der Waals surface area contributed by atoms with Gasteiger partial charge in [-0.3, -0.25) is 4.79 Å². The molecule has 0 spiro atoms. The van der Waals surface area contributed by atoms with Crippen LogP contribution in [0.4, 0.5) is 0 Å². The molecule has 1 atom stereocenters. The second-order valence-corrected chi connectivity index (χ2v) is 6.65. The molecule has 1 amide bonds. The summed E-state index contributed by atoms with van der Waals surface area (Å²) >= 11 is 1.64. The van der Waals surface area contributed by atoms with Crippen molar-refractivity contribution in [2.24, 2.45) is 0 Å². The van der Waals surface area contributed by atoms with Gasteiger partial charge in [0, 0.05) is 37.5 Å². The van der Waals surface area contributed by atoms with E-state index in [-0.39, 0.29) is 36.8 Å². The van der Waals surface area contributed by atoms with Gasteiger partial charge in [0.25, 0.3) is 0 Å². The summed E-state index contributed by atoms with van der Waals surface area (Å²) < 4.78 is 0. The van der Waals surface area contributed by atoms with E-state index in [0.29, 0.717) is 6.42 Å². The largest absolute Gasteiger partial charge is 0.337 e. The molecule has 0 aliphatic carbocycles. The molecular formula is C17H23Cl2N3OS. The molecule has 3 rings (SSSR count). The summed E-state index contributed by atoms with van der Waals surface area (Å²) in [5, 5.41) is 6.40. The third-order valence-electron chi connectivity index (χ3n) is 3.95. The second-order valence-electron chi connectivity index (χ2n) is 5.71. The first-order valence-corrected chi connectivity index (χ1v) is 8.58. The average Bonchev–Trinajstić information content (AvgIpc) is 2.95. The van der Waals surface area contributed by atoms with Gasteiger partial charge in [-0.1, -0.05) is 30.3 Å². The fraction of sp³-hybridized carbons (Fsp3) is 0.412. The van der Waals surface area contributed by atoms with Crippen molar-refractivity contribution in [2.45, 2.75) is 25.8 Å². The lowest BCUT2D eigenvalue weighted by Crippen LogP contribution is -2.52. The van der Waals surface area contributed by atoms with Crippen LogP contribution < -0.4 is 5.32 Å². The van der Waals surface area contributed by atoms with Crippen molar-refractivity contribution in [2.75, 3.05) is 19.6 Å². The average molecular weight is 388 g/mol. The molecule has 1 aliphatic rings. The highest BCUT2D eigenvalue weighted by molar-refractivity contribution is 7.09. The number of piperazine rings is 1. The fourth-order valence-corrected chi connectivity index (χ4v) is 3.58. The Morgan fingerprint density at radius 2 is 2.08 bits per heavy atom. The van der Waals surface area contributed by atoms with Gasteiger partial charge in [-0.2, -0.15) is 0 Å². The van der Waals surface area contributed by atoms with E-state index in [1.54, 1.807) is 11.3 Å². The Hall–Kier alpha value is -1.14. The van der Waals surface area contributed by atoms with E-state index in [2.05, 4.69) is 29.4 Å². The van der Waals surface area contributed by atoms with Crippen molar-refractivity contribution in [3.05, 3.63) is 52.0 Å². The van der Waals surface area contributed by atoms with Crippen molar-refractivity contribution in [3.8, 4) is 0 Å². The number of hydrogen-bond acceptors (Lipinski definition) is 4. The van der Waals surface area contributed by atoms with Crippen molar-refractivity contribution < 1.29 is 4.79 Å². The van der Waals surface area contributed by atoms with E-state index < -0.39 is 0 Å². The molecule has 2 aromatic rings. The van der Waals surface area contributed by atoms with Crippen LogP contribution in [0, 0.1) is 0 Å². The summed E-state index contributed by atoms with van der Waals surface area (Å²) in [6.07, 6.45) is 1.25. The van der Waals surface area contributed by atoms with Gasteiger partial charge in [-0.25, -0.2) is 4.98 Å². The molecule has 0 radical (unpaired) electrons. The van der Waals surface area contributed by atoms with Gasteiger partial charge >= 0.3 is 0 Å². The molecule has 1 aliphatic heterocycles. The van der Waals surface area contributed by atoms with Crippen LogP contribution in [-0.4, -0.2) is 41.5 Å². The number of aromatic nitrogens is 1. The van der Waals surface area contributed by atoms with Crippen LogP contribution in [0.25, 0.3) is 0 Å². The van der Waals surface area contributed by atoms with Crippen LogP contribution in [0.3, 0.4) is 0 Å². The summed E-state index contributed by atoms with van der Waals surface area (Å²) in [6, 6.07) is 10.6. The Morgan fingerprint density at radius 3 is 2.79 bits per heavy atom. The number of halogens is 2. The number of rotatable bonds is 4. The minimum Gasteiger partial charge on any atom is -0.337 e. The number of thiazole rings is 1. The third-order valence-corrected chi connectivity index (χ3v) is 4.85. The summed E-state index contributed by atoms with van der Waals surface area (Å²) in [6.45, 7) is 4.64. The highest BCUT2D eigenvalue weighted by atomic mass is 35.5. The van der Waals surface area contributed by atoms with Gasteiger partial charge in [0.2, 0.25) is 5.91 Å². The molecule has 1 N–H and O–H groups in total. The van der Waals surface area contributed by atoms with E-state index in [1.165, 1.54) is 5.56 Å². The molecule has 4 nitrogen and oxygen atoms in total. The van der Waals surface area contributed by atoms with E-state index in [4.69, 9.17) is 0 Å². The van der Waals surface area contributed by atoms with Crippen LogP contribution in [0.5, 0.6) is 0 Å². The second kappa shape index (κ2) is 9.99. The zero-order valence-electron chi connectivity index (χ0n) is 13.6. The Kier molecular flexibility index (Phi) is 8.70. The van der Waals surface area contributed by atoms with Crippen LogP contribution in [0.15, 0.2) is 35.7 Å². The van der Waals surface area contributed by atoms with Crippen LogP contribution in [-0.2, 0) is 17.6 Å². The highest BCUT2D eigenvalue weighted by Crippen LogP contribution is 2.16. The maximum absolute atomic E-state index is 12.4. The molecule has 24 heavy (non-hydrogen) atoms. The monoisotopic (exact) mass is 387 g/mol. The molecule has 1 fully saturated rings. The molecule has 7 heteroatoms. The molecule has 132 valence electrons. The van der Waals surface area contributed by atoms with Gasteiger partial charge in [0.1, 0.15) is 0 Å². The first-order chi connectivity index (χ1) is 10.7. The lowest BCUT2D eigenvalue weighted by atomic mass is 10.1. The van der Waals surface area contributed by atoms with Gasteiger partial charge in [-0.15, -0.1) is 36.2 Å². The van der Waals surface area contributed by atoms with Gasteiger partial charge in [0.05, 0.1) is 17.1 Å². The van der Waals surface area contributed by atoms with Crippen molar-refractivity contribution in [1.29, 1.82) is 0 Å². The van der Waals surface area contributed by atoms with E-state index >= 15 is 0 Å². The summed E-state index contributed by atoms with van der Waals surface area (Å²) in [5.41, 5.74) is 2.15. The van der Waals surface area contributed by atoms with Crippen LogP contribution in [0.1, 0.15) is 23.2 Å². The standard InChI is InChI=1S/C17H21N3OS.2ClH/c1-13-11-18-7-8-20(13)17(21)10-15-12-22-16(19-15)9-14-5-3-2-4-6-14;;/h2-6,12-13,18H,7-11H2,1H3;2*1H/t13-;;/m0../s1. The van der Waals surface area contributed by atoms with Gasteiger partial charge in [-0.05, 0) is 12.5 Å². The molecule has 2 heterocycles. The third kappa shape index (κ3) is 5.45. The molecule has 0 saturated carbocycles. The summed E-state index contributed by atoms with van der Waals surface area (Å²) in [7, 11) is 0. The highest BCUT2D eigenvalue weighted by Gasteiger charge is 2.23. The normalized spacial score (nSPS) is 16.9. The predicted molar refractivity (Wildman–Crippen MR) is 104 cm³/mol. The Morgan fingerprint density at radius 1 is 1.33 bits per heavy atom. The fourth-order valence-electron chi connectivity index (χ4n) is 2.75. The minimum absolute atomic E-state index is 0. The maximum Gasteiger partial charge on any atom is 0.228 e. The lowest BCUT2D eigenvalue weighted by molar-refractivity contribution is -0.133. The van der Waals surface area contributed by atoms with E-state index in [0.717, 1.165) is 36.8 Å². The number of nitrogens with one attached hydrogen (secondary N) is 1. The lowest BCUT2D eigenvalue weighted by Gasteiger charge is -2.33. The number of benzene rings is 1. The van der Waals surface area contributed by atoms with Crippen LogP contribution >= 0.6 is 36.2 Å². The van der Waals surface area contributed by atoms with Gasteiger partial charge in [0.15, 0.2) is 0 Å². The number of carbonyl (C=O) groups excluding carboxylic acids is 1. The Balaban J connectivity index is 0.00000144. The van der Waals surface area contributed by atoms with Crippen LogP contribution in [0.2, 0.25) is 0 Å². The topological polar surface area (TPSA) is 45.2 Å². The Bertz CT molecular complexity index is 636. The number of nitrogens with zero attached hydrogens (tertiary/aromatic N) is 2. The number of hydrogen-bond donors (Lipinski definition) is 1. The van der Waals surface area contributed by atoms with Crippen molar-refractivity contribution in [3.63, 3.8) is 0 Å². The number of amides is 1. The first-order valence-electron chi connectivity index (χ1n) is 7.70. The van der Waals surface area contributed by atoms with Crippen molar-refractivity contribution >= 4 is 42.1 Å². The zero-order valence-corrected chi connectivity index (χ0v) is 16.1. The smallest absolute Gasteiger partial charge is 0.228 e. The zero-order chi connectivity index (χ0) is 15.4. The maximum atomic E-state index is 12.4. The molecule has 1 saturated heterocycles. The molecule has 1 aromatic heterocycles. The molecule has 0 unspecified atom stereocenters. The molecule has 0 bridgehead atoms.